The van der Waals surface area contributed by atoms with Crippen LogP contribution in [0.5, 0.6) is 0 Å². The molecule has 56 heavy (non-hydrogen) atoms. The fourth-order valence-electron chi connectivity index (χ4n) is 8.45. The topological polar surface area (TPSA) is 16.4 Å². The fourth-order valence-corrected chi connectivity index (χ4v) is 8.45. The predicted molar refractivity (Wildman–Crippen MR) is 237 cm³/mol. The average Bonchev–Trinajstić information content (AvgIpc) is 3.64. The summed E-state index contributed by atoms with van der Waals surface area (Å²) in [7, 11) is 0. The van der Waals surface area contributed by atoms with Gasteiger partial charge in [0.2, 0.25) is 0 Å². The van der Waals surface area contributed by atoms with E-state index in [1.165, 1.54) is 60.1 Å². The Hall–Kier alpha value is -7.42. The number of benzene rings is 10. The van der Waals surface area contributed by atoms with E-state index in [0.29, 0.717) is 0 Å². The van der Waals surface area contributed by atoms with Crippen LogP contribution in [0.1, 0.15) is 0 Å². The van der Waals surface area contributed by atoms with Gasteiger partial charge < -0.3 is 9.32 Å². The molecule has 0 N–H and O–H groups in total. The predicted octanol–water partition coefficient (Wildman–Crippen LogP) is 15.5. The van der Waals surface area contributed by atoms with Gasteiger partial charge in [0.15, 0.2) is 0 Å². The highest BCUT2D eigenvalue weighted by Crippen LogP contribution is 2.41. The quantitative estimate of drug-likeness (QED) is 0.160. The van der Waals surface area contributed by atoms with Gasteiger partial charge >= 0.3 is 0 Å². The van der Waals surface area contributed by atoms with Crippen LogP contribution in [0, 0.1) is 0 Å². The van der Waals surface area contributed by atoms with Gasteiger partial charge in [0, 0.05) is 33.9 Å². The molecule has 0 aliphatic heterocycles. The van der Waals surface area contributed by atoms with Crippen molar-refractivity contribution in [2.75, 3.05) is 4.90 Å². The Kier molecular flexibility index (Phi) is 7.53. The largest absolute Gasteiger partial charge is 0.456 e. The van der Waals surface area contributed by atoms with Crippen molar-refractivity contribution in [3.63, 3.8) is 0 Å². The zero-order valence-electron chi connectivity index (χ0n) is 30.6. The maximum atomic E-state index is 6.40. The Balaban J connectivity index is 1.01. The molecule has 2 heteroatoms. The maximum absolute atomic E-state index is 6.40. The van der Waals surface area contributed by atoms with E-state index in [4.69, 9.17) is 4.42 Å². The smallest absolute Gasteiger partial charge is 0.137 e. The lowest BCUT2D eigenvalue weighted by atomic mass is 9.95. The number of fused-ring (bicyclic) bond motifs is 7. The molecular formula is C54H35NO. The Morgan fingerprint density at radius 3 is 1.62 bits per heavy atom. The summed E-state index contributed by atoms with van der Waals surface area (Å²) in [6.45, 7) is 0. The molecule has 11 aromatic rings. The van der Waals surface area contributed by atoms with E-state index in [1.54, 1.807) is 0 Å². The molecule has 0 aliphatic carbocycles. The summed E-state index contributed by atoms with van der Waals surface area (Å²) in [4.78, 5) is 2.34. The van der Waals surface area contributed by atoms with Crippen LogP contribution in [0.15, 0.2) is 217 Å². The summed E-state index contributed by atoms with van der Waals surface area (Å²) in [6, 6.07) is 76.5. The Morgan fingerprint density at radius 2 is 0.821 bits per heavy atom. The SMILES string of the molecule is c1ccc(-c2ccc3c(ccc4cc(-c5cccc(N(c6ccc(-c7cccc8ccccc78)cc6)c6ccc7c(c6)oc6ccccc67)c5)ccc43)c2)cc1. The minimum absolute atomic E-state index is 0.870. The van der Waals surface area contributed by atoms with Gasteiger partial charge in [0.05, 0.1) is 0 Å². The minimum atomic E-state index is 0.870. The van der Waals surface area contributed by atoms with Crippen molar-refractivity contribution in [1.29, 1.82) is 0 Å². The molecule has 11 rings (SSSR count). The second-order valence-corrected chi connectivity index (χ2v) is 14.5. The molecule has 262 valence electrons. The van der Waals surface area contributed by atoms with Crippen molar-refractivity contribution in [2.24, 2.45) is 0 Å². The lowest BCUT2D eigenvalue weighted by Gasteiger charge is -2.26. The summed E-state index contributed by atoms with van der Waals surface area (Å²) in [6.07, 6.45) is 0. The molecule has 0 bridgehead atoms. The van der Waals surface area contributed by atoms with Crippen LogP contribution in [0.25, 0.3) is 87.6 Å². The van der Waals surface area contributed by atoms with Gasteiger partial charge in [0.1, 0.15) is 11.2 Å². The number of hydrogen-bond donors (Lipinski definition) is 0. The summed E-state index contributed by atoms with van der Waals surface area (Å²) < 4.78 is 6.40. The van der Waals surface area contributed by atoms with Crippen LogP contribution in [0.4, 0.5) is 17.1 Å². The number of anilines is 3. The molecule has 0 amide bonds. The van der Waals surface area contributed by atoms with Crippen molar-refractivity contribution < 1.29 is 4.42 Å². The molecular weight excluding hydrogens is 679 g/mol. The first-order chi connectivity index (χ1) is 27.7. The summed E-state index contributed by atoms with van der Waals surface area (Å²) in [5.74, 6) is 0. The van der Waals surface area contributed by atoms with Crippen LogP contribution in [-0.2, 0) is 0 Å². The second kappa shape index (κ2) is 13.2. The first-order valence-corrected chi connectivity index (χ1v) is 19.2. The first kappa shape index (κ1) is 32.0. The van der Waals surface area contributed by atoms with Crippen LogP contribution in [0.3, 0.4) is 0 Å². The monoisotopic (exact) mass is 713 g/mol. The molecule has 0 aliphatic rings. The van der Waals surface area contributed by atoms with E-state index >= 15 is 0 Å². The lowest BCUT2D eigenvalue weighted by Crippen LogP contribution is -2.10. The highest BCUT2D eigenvalue weighted by molar-refractivity contribution is 6.10. The van der Waals surface area contributed by atoms with Crippen molar-refractivity contribution in [3.8, 4) is 33.4 Å². The molecule has 0 unspecified atom stereocenters. The third kappa shape index (κ3) is 5.51. The number of nitrogens with zero attached hydrogens (tertiary/aromatic N) is 1. The van der Waals surface area contributed by atoms with Gasteiger partial charge in [0.25, 0.3) is 0 Å². The van der Waals surface area contributed by atoms with Gasteiger partial charge in [-0.2, -0.15) is 0 Å². The molecule has 0 atom stereocenters. The second-order valence-electron chi connectivity index (χ2n) is 14.5. The van der Waals surface area contributed by atoms with E-state index in [-0.39, 0.29) is 0 Å². The molecule has 1 aromatic heterocycles. The summed E-state index contributed by atoms with van der Waals surface area (Å²) in [5, 5.41) is 9.73. The van der Waals surface area contributed by atoms with E-state index in [1.807, 2.05) is 12.1 Å². The molecule has 0 spiro atoms. The first-order valence-electron chi connectivity index (χ1n) is 19.2. The van der Waals surface area contributed by atoms with Gasteiger partial charge in [-0.3, -0.25) is 0 Å². The van der Waals surface area contributed by atoms with E-state index in [0.717, 1.165) is 44.6 Å². The minimum Gasteiger partial charge on any atom is -0.456 e. The highest BCUT2D eigenvalue weighted by Gasteiger charge is 2.17. The lowest BCUT2D eigenvalue weighted by molar-refractivity contribution is 0.669. The average molecular weight is 714 g/mol. The van der Waals surface area contributed by atoms with E-state index in [2.05, 4.69) is 205 Å². The van der Waals surface area contributed by atoms with E-state index < -0.39 is 0 Å². The van der Waals surface area contributed by atoms with Gasteiger partial charge in [-0.25, -0.2) is 0 Å². The highest BCUT2D eigenvalue weighted by atomic mass is 16.3. The van der Waals surface area contributed by atoms with Gasteiger partial charge in [-0.05, 0) is 120 Å². The standard InChI is InChI=1S/C54H35NO/c1-2-10-36(11-3-1)40-24-29-49-42(32-40)20-21-43-33-41(25-30-50(43)49)39-14-8-15-45(34-39)55(46-28-31-52-51-17-6-7-19-53(51)56-54(52)35-46)44-26-22-38(23-27-44)48-18-9-13-37-12-4-5-16-47(37)48/h1-35H. The maximum Gasteiger partial charge on any atom is 0.137 e. The van der Waals surface area contributed by atoms with Crippen LogP contribution < -0.4 is 4.90 Å². The number of para-hydroxylation sites is 1. The van der Waals surface area contributed by atoms with Crippen molar-refractivity contribution >= 4 is 71.3 Å². The van der Waals surface area contributed by atoms with Crippen molar-refractivity contribution in [1.82, 2.24) is 0 Å². The molecule has 10 aromatic carbocycles. The zero-order chi connectivity index (χ0) is 37.0. The van der Waals surface area contributed by atoms with Crippen LogP contribution >= 0.6 is 0 Å². The van der Waals surface area contributed by atoms with Crippen molar-refractivity contribution in [3.05, 3.63) is 212 Å². The Morgan fingerprint density at radius 1 is 0.268 bits per heavy atom. The Labute approximate surface area is 325 Å². The number of furan rings is 1. The fraction of sp³-hybridized carbons (Fsp3) is 0. The number of rotatable bonds is 6. The zero-order valence-corrected chi connectivity index (χ0v) is 30.6. The van der Waals surface area contributed by atoms with Gasteiger partial charge in [-0.1, -0.05) is 152 Å². The number of hydrogen-bond acceptors (Lipinski definition) is 2. The molecule has 2 nitrogen and oxygen atoms in total. The van der Waals surface area contributed by atoms with E-state index in [9.17, 15) is 0 Å². The molecule has 1 heterocycles. The Bertz CT molecular complexity index is 3240. The third-order valence-corrected chi connectivity index (χ3v) is 11.2. The summed E-state index contributed by atoms with van der Waals surface area (Å²) >= 11 is 0. The van der Waals surface area contributed by atoms with Gasteiger partial charge in [-0.15, -0.1) is 0 Å². The van der Waals surface area contributed by atoms with Crippen LogP contribution in [-0.4, -0.2) is 0 Å². The summed E-state index contributed by atoms with van der Waals surface area (Å²) in [5.41, 5.74) is 12.2. The third-order valence-electron chi connectivity index (χ3n) is 11.2. The van der Waals surface area contributed by atoms with Crippen LogP contribution in [0.2, 0.25) is 0 Å². The normalized spacial score (nSPS) is 11.6. The van der Waals surface area contributed by atoms with Crippen molar-refractivity contribution in [2.45, 2.75) is 0 Å². The molecule has 0 radical (unpaired) electrons. The molecule has 0 fully saturated rings. The molecule has 0 saturated carbocycles. The molecule has 0 saturated heterocycles.